The molecule has 0 saturated carbocycles. The highest BCUT2D eigenvalue weighted by atomic mass is 16.3. The number of rotatable bonds is 2. The predicted molar refractivity (Wildman–Crippen MR) is 134 cm³/mol. The van der Waals surface area contributed by atoms with Crippen LogP contribution in [0.15, 0.2) is 71.3 Å². The van der Waals surface area contributed by atoms with E-state index >= 15 is 0 Å². The van der Waals surface area contributed by atoms with E-state index in [1.54, 1.807) is 0 Å². The van der Waals surface area contributed by atoms with Gasteiger partial charge in [-0.1, -0.05) is 24.3 Å². The molecule has 0 atom stereocenters. The number of benzene rings is 2. The second kappa shape index (κ2) is 7.24. The van der Waals surface area contributed by atoms with Crippen molar-refractivity contribution in [3.05, 3.63) is 89.4 Å². The maximum absolute atomic E-state index is 6.24. The third-order valence-corrected chi connectivity index (χ3v) is 6.37. The first-order chi connectivity index (χ1) is 16.0. The zero-order valence-corrected chi connectivity index (χ0v) is 19.1. The first-order valence-electron chi connectivity index (χ1n) is 11.1. The van der Waals surface area contributed by atoms with Gasteiger partial charge in [0.2, 0.25) is 5.71 Å². The Morgan fingerprint density at radius 3 is 2.30 bits per heavy atom. The van der Waals surface area contributed by atoms with Crippen molar-refractivity contribution in [1.82, 2.24) is 15.0 Å². The molecule has 4 heterocycles. The van der Waals surface area contributed by atoms with Gasteiger partial charge in [0.05, 0.1) is 11.2 Å². The van der Waals surface area contributed by atoms with Gasteiger partial charge in [-0.15, -0.1) is 0 Å². The minimum absolute atomic E-state index is 0.663. The first kappa shape index (κ1) is 19.6. The van der Waals surface area contributed by atoms with E-state index in [9.17, 15) is 0 Å². The van der Waals surface area contributed by atoms with E-state index in [2.05, 4.69) is 73.4 Å². The van der Waals surface area contributed by atoms with Crippen LogP contribution in [0.25, 0.3) is 55.4 Å². The third-order valence-electron chi connectivity index (χ3n) is 6.37. The molecule has 6 aromatic rings. The van der Waals surface area contributed by atoms with Crippen molar-refractivity contribution in [1.29, 1.82) is 0 Å². The summed E-state index contributed by atoms with van der Waals surface area (Å²) in [6.45, 7) is 8.27. The summed E-state index contributed by atoms with van der Waals surface area (Å²) < 4.78 is 6.24. The standard InChI is InChI=1S/C29H23N3O/c1-16-8-13-25-22(12-10-18(3)31-25)27(16)24-14-26(30-15-17(24)2)23-7-5-6-20-21-11-9-19(4)32-29(21)33-28(20)23/h5-15H,1-4H3. The van der Waals surface area contributed by atoms with Crippen LogP contribution in [-0.2, 0) is 0 Å². The van der Waals surface area contributed by atoms with Crippen LogP contribution in [-0.4, -0.2) is 15.0 Å². The lowest BCUT2D eigenvalue weighted by molar-refractivity contribution is 0.653. The van der Waals surface area contributed by atoms with E-state index in [-0.39, 0.29) is 0 Å². The quantitative estimate of drug-likeness (QED) is 0.286. The maximum atomic E-state index is 6.24. The number of pyridine rings is 3. The molecule has 0 saturated heterocycles. The highest BCUT2D eigenvalue weighted by Gasteiger charge is 2.17. The fourth-order valence-corrected chi connectivity index (χ4v) is 4.69. The molecule has 0 aliphatic heterocycles. The normalized spacial score (nSPS) is 11.6. The summed E-state index contributed by atoms with van der Waals surface area (Å²) in [5, 5.41) is 3.23. The Bertz CT molecular complexity index is 1710. The van der Waals surface area contributed by atoms with Gasteiger partial charge in [0.1, 0.15) is 5.58 Å². The Morgan fingerprint density at radius 2 is 1.45 bits per heavy atom. The highest BCUT2D eigenvalue weighted by molar-refractivity contribution is 6.08. The van der Waals surface area contributed by atoms with Gasteiger partial charge in [-0.2, -0.15) is 0 Å². The van der Waals surface area contributed by atoms with Crippen molar-refractivity contribution in [2.24, 2.45) is 0 Å². The fraction of sp³-hybridized carbons (Fsp3) is 0.138. The van der Waals surface area contributed by atoms with Crippen LogP contribution < -0.4 is 0 Å². The van der Waals surface area contributed by atoms with Gasteiger partial charge >= 0.3 is 0 Å². The molecule has 0 unspecified atom stereocenters. The number of hydrogen-bond donors (Lipinski definition) is 0. The van der Waals surface area contributed by atoms with E-state index in [1.165, 1.54) is 11.1 Å². The molecule has 33 heavy (non-hydrogen) atoms. The Hall–Kier alpha value is -4.05. The number of para-hydroxylation sites is 1. The van der Waals surface area contributed by atoms with E-state index < -0.39 is 0 Å². The van der Waals surface area contributed by atoms with Crippen molar-refractivity contribution in [2.75, 3.05) is 0 Å². The van der Waals surface area contributed by atoms with Gasteiger partial charge in [0.15, 0.2) is 0 Å². The van der Waals surface area contributed by atoms with Crippen molar-refractivity contribution in [3.63, 3.8) is 0 Å². The van der Waals surface area contributed by atoms with Crippen molar-refractivity contribution in [2.45, 2.75) is 27.7 Å². The van der Waals surface area contributed by atoms with Gasteiger partial charge in [-0.3, -0.25) is 9.97 Å². The van der Waals surface area contributed by atoms with Gasteiger partial charge in [-0.25, -0.2) is 4.98 Å². The molecule has 0 radical (unpaired) electrons. The van der Waals surface area contributed by atoms with Crippen LogP contribution >= 0.6 is 0 Å². The molecule has 0 aliphatic rings. The Labute approximate surface area is 192 Å². The Morgan fingerprint density at radius 1 is 0.667 bits per heavy atom. The SMILES string of the molecule is Cc1ccc2c(-c3cc(-c4cccc5c4oc4nc(C)ccc45)ncc3C)c(C)ccc2n1. The van der Waals surface area contributed by atoms with Crippen LogP contribution in [0.3, 0.4) is 0 Å². The van der Waals surface area contributed by atoms with Crippen molar-refractivity contribution >= 4 is 33.0 Å². The monoisotopic (exact) mass is 429 g/mol. The number of hydrogen-bond acceptors (Lipinski definition) is 4. The molecule has 0 spiro atoms. The summed E-state index contributed by atoms with van der Waals surface area (Å²) in [4.78, 5) is 14.1. The zero-order valence-electron chi connectivity index (χ0n) is 19.1. The number of nitrogens with zero attached hydrogens (tertiary/aromatic N) is 3. The lowest BCUT2D eigenvalue weighted by atomic mass is 9.92. The summed E-state index contributed by atoms with van der Waals surface area (Å²) in [6.07, 6.45) is 1.95. The molecule has 0 aliphatic carbocycles. The minimum atomic E-state index is 0.663. The second-order valence-electron chi connectivity index (χ2n) is 8.75. The minimum Gasteiger partial charge on any atom is -0.437 e. The molecule has 6 rings (SSSR count). The van der Waals surface area contributed by atoms with Crippen LogP contribution in [0.2, 0.25) is 0 Å². The lowest BCUT2D eigenvalue weighted by Crippen LogP contribution is -1.94. The number of furan rings is 1. The molecule has 4 nitrogen and oxygen atoms in total. The smallest absolute Gasteiger partial charge is 0.227 e. The van der Waals surface area contributed by atoms with Gasteiger partial charge in [0, 0.05) is 39.3 Å². The largest absolute Gasteiger partial charge is 0.437 e. The van der Waals surface area contributed by atoms with Gasteiger partial charge < -0.3 is 4.42 Å². The molecule has 4 aromatic heterocycles. The summed E-state index contributed by atoms with van der Waals surface area (Å²) >= 11 is 0. The Balaban J connectivity index is 1.61. The molecule has 2 aromatic carbocycles. The van der Waals surface area contributed by atoms with Crippen molar-refractivity contribution < 1.29 is 4.42 Å². The number of aryl methyl sites for hydroxylation is 4. The fourth-order valence-electron chi connectivity index (χ4n) is 4.69. The molecule has 0 bridgehead atoms. The van der Waals surface area contributed by atoms with Crippen LogP contribution in [0.1, 0.15) is 22.5 Å². The molecular weight excluding hydrogens is 406 g/mol. The first-order valence-corrected chi connectivity index (χ1v) is 11.1. The molecule has 4 heteroatoms. The lowest BCUT2D eigenvalue weighted by Gasteiger charge is -2.14. The van der Waals surface area contributed by atoms with Crippen molar-refractivity contribution in [3.8, 4) is 22.4 Å². The van der Waals surface area contributed by atoms with E-state index in [0.717, 1.165) is 61.0 Å². The van der Waals surface area contributed by atoms with Crippen LogP contribution in [0.4, 0.5) is 0 Å². The van der Waals surface area contributed by atoms with Gasteiger partial charge in [0.25, 0.3) is 0 Å². The Kier molecular flexibility index (Phi) is 4.31. The number of aromatic nitrogens is 3. The van der Waals surface area contributed by atoms with E-state index in [4.69, 9.17) is 14.4 Å². The maximum Gasteiger partial charge on any atom is 0.227 e. The molecular formula is C29H23N3O. The summed E-state index contributed by atoms with van der Waals surface area (Å²) in [6, 6.07) is 21.0. The number of fused-ring (bicyclic) bond motifs is 4. The topological polar surface area (TPSA) is 51.8 Å². The molecule has 0 amide bonds. The van der Waals surface area contributed by atoms with E-state index in [0.29, 0.717) is 5.71 Å². The molecule has 160 valence electrons. The summed E-state index contributed by atoms with van der Waals surface area (Å²) in [5.41, 5.74) is 11.0. The summed E-state index contributed by atoms with van der Waals surface area (Å²) in [7, 11) is 0. The molecule has 0 fully saturated rings. The van der Waals surface area contributed by atoms with Gasteiger partial charge in [-0.05, 0) is 86.3 Å². The van der Waals surface area contributed by atoms with Crippen LogP contribution in [0, 0.1) is 27.7 Å². The second-order valence-corrected chi connectivity index (χ2v) is 8.75. The molecule has 0 N–H and O–H groups in total. The average molecular weight is 430 g/mol. The summed E-state index contributed by atoms with van der Waals surface area (Å²) in [5.74, 6) is 0. The predicted octanol–water partition coefficient (Wildman–Crippen LogP) is 7.49. The van der Waals surface area contributed by atoms with E-state index in [1.807, 2.05) is 26.1 Å². The average Bonchev–Trinajstić information content (AvgIpc) is 3.17. The van der Waals surface area contributed by atoms with Crippen LogP contribution in [0.5, 0.6) is 0 Å². The third kappa shape index (κ3) is 3.10. The zero-order chi connectivity index (χ0) is 22.7. The highest BCUT2D eigenvalue weighted by Crippen LogP contribution is 2.38.